The van der Waals surface area contributed by atoms with Gasteiger partial charge in [-0.1, -0.05) is 11.6 Å². The Morgan fingerprint density at radius 3 is 2.81 bits per heavy atom. The average Bonchev–Trinajstić information content (AvgIpc) is 3.24. The molecule has 0 atom stereocenters. The Balaban J connectivity index is 1.81. The summed E-state index contributed by atoms with van der Waals surface area (Å²) in [5.74, 6) is 0.704. The van der Waals surface area contributed by atoms with Gasteiger partial charge in [-0.15, -0.1) is 5.10 Å². The third-order valence-electron chi connectivity index (χ3n) is 4.51. The van der Waals surface area contributed by atoms with Crippen molar-refractivity contribution in [1.29, 1.82) is 0 Å². The van der Waals surface area contributed by atoms with Crippen LogP contribution in [-0.2, 0) is 17.9 Å². The monoisotopic (exact) mass is 349 g/mol. The van der Waals surface area contributed by atoms with E-state index in [9.17, 15) is 4.79 Å². The topological polar surface area (TPSA) is 76.5 Å². The number of tetrazole rings is 1. The lowest BCUT2D eigenvalue weighted by Crippen LogP contribution is -2.27. The molecule has 132 valence electrons. The van der Waals surface area contributed by atoms with Crippen molar-refractivity contribution < 1.29 is 9.21 Å². The minimum absolute atomic E-state index is 0.0347. The number of fused-ring (bicyclic) bond motifs is 3. The maximum absolute atomic E-state index is 12.1. The maximum Gasteiger partial charge on any atom is 0.220 e. The average molecular weight is 349 g/mol. The maximum atomic E-state index is 12.1. The molecule has 1 aromatic carbocycles. The second-order valence-corrected chi connectivity index (χ2v) is 6.56. The number of amides is 1. The molecule has 1 amide bonds. The van der Waals surface area contributed by atoms with E-state index in [4.69, 9.17) is 4.42 Å². The largest absolute Gasteiger partial charge is 0.467 e. The van der Waals surface area contributed by atoms with Gasteiger partial charge in [0.05, 0.1) is 18.3 Å². The molecular weight excluding hydrogens is 330 g/mol. The standard InChI is InChI=1S/C19H19N5O2/c1-12-7-13(2)18-15(8-12)9-16(19-20-21-22-24(18)19)10-23(14(3)25)11-17-5-4-6-26-17/h4-9H,10-11H2,1-3H3. The molecule has 0 bridgehead atoms. The Bertz CT molecular complexity index is 1100. The van der Waals surface area contributed by atoms with Crippen LogP contribution in [0.4, 0.5) is 0 Å². The fraction of sp³-hybridized carbons (Fsp3) is 0.263. The lowest BCUT2D eigenvalue weighted by atomic mass is 10.0. The van der Waals surface area contributed by atoms with Gasteiger partial charge in [-0.3, -0.25) is 4.79 Å². The summed E-state index contributed by atoms with van der Waals surface area (Å²) in [5, 5.41) is 13.2. The van der Waals surface area contributed by atoms with Gasteiger partial charge in [0.15, 0.2) is 5.65 Å². The third-order valence-corrected chi connectivity index (χ3v) is 4.51. The predicted octanol–water partition coefficient (Wildman–Crippen LogP) is 3.04. The summed E-state index contributed by atoms with van der Waals surface area (Å²) in [7, 11) is 0. The van der Waals surface area contributed by atoms with Crippen LogP contribution in [0.2, 0.25) is 0 Å². The van der Waals surface area contributed by atoms with E-state index in [1.165, 1.54) is 5.56 Å². The Morgan fingerprint density at radius 2 is 2.08 bits per heavy atom. The molecule has 3 heterocycles. The van der Waals surface area contributed by atoms with Crippen molar-refractivity contribution in [3.63, 3.8) is 0 Å². The smallest absolute Gasteiger partial charge is 0.220 e. The summed E-state index contributed by atoms with van der Waals surface area (Å²) in [5.41, 5.74) is 4.83. The highest BCUT2D eigenvalue weighted by atomic mass is 16.3. The number of carbonyl (C=O) groups is 1. The molecule has 0 saturated heterocycles. The van der Waals surface area contributed by atoms with Crippen LogP contribution in [0.5, 0.6) is 0 Å². The molecule has 7 nitrogen and oxygen atoms in total. The van der Waals surface area contributed by atoms with E-state index in [-0.39, 0.29) is 5.91 Å². The summed E-state index contributed by atoms with van der Waals surface area (Å²) >= 11 is 0. The first-order chi connectivity index (χ1) is 12.5. The molecule has 0 spiro atoms. The number of rotatable bonds is 4. The van der Waals surface area contributed by atoms with Gasteiger partial charge in [-0.25, -0.2) is 0 Å². The van der Waals surface area contributed by atoms with Crippen LogP contribution < -0.4 is 0 Å². The van der Waals surface area contributed by atoms with Gasteiger partial charge in [0.25, 0.3) is 0 Å². The minimum Gasteiger partial charge on any atom is -0.467 e. The zero-order valence-corrected chi connectivity index (χ0v) is 14.9. The zero-order valence-electron chi connectivity index (χ0n) is 14.9. The fourth-order valence-electron chi connectivity index (χ4n) is 3.37. The Labute approximate surface area is 150 Å². The van der Waals surface area contributed by atoms with Gasteiger partial charge >= 0.3 is 0 Å². The van der Waals surface area contributed by atoms with E-state index in [0.29, 0.717) is 18.7 Å². The van der Waals surface area contributed by atoms with Crippen LogP contribution >= 0.6 is 0 Å². The number of aryl methyl sites for hydroxylation is 2. The van der Waals surface area contributed by atoms with Crippen LogP contribution in [0, 0.1) is 13.8 Å². The Hall–Kier alpha value is -3.22. The molecule has 0 saturated carbocycles. The van der Waals surface area contributed by atoms with Gasteiger partial charge in [0.1, 0.15) is 5.76 Å². The van der Waals surface area contributed by atoms with Gasteiger partial charge in [0.2, 0.25) is 5.91 Å². The summed E-state index contributed by atoms with van der Waals surface area (Å²) in [6, 6.07) is 9.96. The van der Waals surface area contributed by atoms with Gasteiger partial charge in [-0.05, 0) is 54.1 Å². The van der Waals surface area contributed by atoms with Crippen molar-refractivity contribution in [3.8, 4) is 0 Å². The number of nitrogens with zero attached hydrogens (tertiary/aromatic N) is 5. The summed E-state index contributed by atoms with van der Waals surface area (Å²) in [4.78, 5) is 13.9. The normalized spacial score (nSPS) is 11.3. The molecule has 0 fully saturated rings. The van der Waals surface area contributed by atoms with Crippen molar-refractivity contribution in [2.75, 3.05) is 0 Å². The van der Waals surface area contributed by atoms with Crippen LogP contribution in [-0.4, -0.2) is 30.8 Å². The van der Waals surface area contributed by atoms with Gasteiger partial charge in [0, 0.05) is 24.4 Å². The third kappa shape index (κ3) is 2.81. The first-order valence-electron chi connectivity index (χ1n) is 8.42. The molecule has 3 aromatic heterocycles. The highest BCUT2D eigenvalue weighted by Gasteiger charge is 2.17. The number of benzene rings is 1. The molecule has 0 radical (unpaired) electrons. The molecule has 7 heteroatoms. The van der Waals surface area contributed by atoms with Crippen LogP contribution in [0.3, 0.4) is 0 Å². The van der Waals surface area contributed by atoms with Crippen LogP contribution in [0.15, 0.2) is 41.0 Å². The number of pyridine rings is 1. The molecule has 26 heavy (non-hydrogen) atoms. The second-order valence-electron chi connectivity index (χ2n) is 6.56. The van der Waals surface area contributed by atoms with Crippen molar-refractivity contribution in [2.24, 2.45) is 0 Å². The number of carbonyl (C=O) groups excluding carboxylic acids is 1. The number of furan rings is 1. The van der Waals surface area contributed by atoms with Crippen molar-refractivity contribution in [2.45, 2.75) is 33.9 Å². The number of aromatic nitrogens is 4. The fourth-order valence-corrected chi connectivity index (χ4v) is 3.37. The highest BCUT2D eigenvalue weighted by Crippen LogP contribution is 2.25. The first kappa shape index (κ1) is 16.3. The van der Waals surface area contributed by atoms with Gasteiger partial charge in [-0.2, -0.15) is 4.52 Å². The molecule has 0 aliphatic rings. The molecule has 0 aliphatic heterocycles. The highest BCUT2D eigenvalue weighted by molar-refractivity contribution is 5.86. The van der Waals surface area contributed by atoms with Crippen LogP contribution in [0.25, 0.3) is 16.6 Å². The Kier molecular flexibility index (Phi) is 3.91. The van der Waals surface area contributed by atoms with E-state index in [2.05, 4.69) is 47.6 Å². The number of hydrogen-bond donors (Lipinski definition) is 0. The molecule has 0 unspecified atom stereocenters. The van der Waals surface area contributed by atoms with Crippen LogP contribution in [0.1, 0.15) is 29.4 Å². The van der Waals surface area contributed by atoms with Crippen molar-refractivity contribution >= 4 is 22.5 Å². The number of hydrogen-bond acceptors (Lipinski definition) is 5. The van der Waals surface area contributed by atoms with Gasteiger partial charge < -0.3 is 9.32 Å². The van der Waals surface area contributed by atoms with E-state index >= 15 is 0 Å². The van der Waals surface area contributed by atoms with E-state index in [1.807, 2.05) is 12.1 Å². The molecule has 4 rings (SSSR count). The second kappa shape index (κ2) is 6.25. The lowest BCUT2D eigenvalue weighted by molar-refractivity contribution is -0.130. The quantitative estimate of drug-likeness (QED) is 0.566. The van der Waals surface area contributed by atoms with Crippen molar-refractivity contribution in [1.82, 2.24) is 24.9 Å². The van der Waals surface area contributed by atoms with E-state index in [0.717, 1.165) is 27.8 Å². The molecule has 0 aliphatic carbocycles. The van der Waals surface area contributed by atoms with E-state index in [1.54, 1.807) is 22.6 Å². The minimum atomic E-state index is -0.0347. The summed E-state index contributed by atoms with van der Waals surface area (Å²) in [6.45, 7) is 6.48. The lowest BCUT2D eigenvalue weighted by Gasteiger charge is -2.20. The molecule has 0 N–H and O–H groups in total. The summed E-state index contributed by atoms with van der Waals surface area (Å²) < 4.78 is 7.14. The first-order valence-corrected chi connectivity index (χ1v) is 8.42. The van der Waals surface area contributed by atoms with Crippen molar-refractivity contribution in [3.05, 3.63) is 59.0 Å². The SMILES string of the molecule is CC(=O)N(Cc1ccco1)Cc1cc2cc(C)cc(C)c2n2nnnc12. The zero-order chi connectivity index (χ0) is 18.3. The predicted molar refractivity (Wildman–Crippen MR) is 96.4 cm³/mol. The summed E-state index contributed by atoms with van der Waals surface area (Å²) in [6.07, 6.45) is 1.61. The Morgan fingerprint density at radius 1 is 1.23 bits per heavy atom. The molecule has 4 aromatic rings. The van der Waals surface area contributed by atoms with E-state index < -0.39 is 0 Å². The molecular formula is C19H19N5O2.